The van der Waals surface area contributed by atoms with Gasteiger partial charge in [0.05, 0.1) is 17.3 Å². The summed E-state index contributed by atoms with van der Waals surface area (Å²) in [5.74, 6) is -0.841. The first-order valence-corrected chi connectivity index (χ1v) is 14.3. The van der Waals surface area contributed by atoms with Crippen LogP contribution in [-0.4, -0.2) is 41.1 Å². The van der Waals surface area contributed by atoms with Crippen LogP contribution in [0.3, 0.4) is 0 Å². The first-order valence-electron chi connectivity index (χ1n) is 12.9. The normalized spacial score (nSPS) is 18.6. The monoisotopic (exact) mass is 535 g/mol. The number of carbonyl (C=O) groups is 1. The topological polar surface area (TPSA) is 110 Å². The van der Waals surface area contributed by atoms with Gasteiger partial charge in [-0.15, -0.1) is 0 Å². The lowest BCUT2D eigenvalue weighted by Gasteiger charge is -2.40. The number of anilines is 1. The number of ether oxygens (including phenoxy) is 1. The van der Waals surface area contributed by atoms with E-state index in [4.69, 9.17) is 4.74 Å². The van der Waals surface area contributed by atoms with Crippen LogP contribution in [0.1, 0.15) is 51.5 Å². The zero-order valence-electron chi connectivity index (χ0n) is 21.7. The Morgan fingerprint density at radius 1 is 0.974 bits per heavy atom. The van der Waals surface area contributed by atoms with Crippen molar-refractivity contribution in [1.29, 1.82) is 0 Å². The molecule has 1 N–H and O–H groups in total. The molecular formula is C29H33N3O5S. The summed E-state index contributed by atoms with van der Waals surface area (Å²) >= 11 is 0. The van der Waals surface area contributed by atoms with Gasteiger partial charge >= 0.3 is 16.0 Å². The predicted octanol–water partition coefficient (Wildman–Crippen LogP) is 5.38. The first kappa shape index (κ1) is 27.3. The molecule has 0 radical (unpaired) electrons. The van der Waals surface area contributed by atoms with Gasteiger partial charge in [0.2, 0.25) is 0 Å². The molecule has 1 aromatic heterocycles. The molecule has 2 aromatic carbocycles. The predicted molar refractivity (Wildman–Crippen MR) is 145 cm³/mol. The molecule has 3 aromatic rings. The van der Waals surface area contributed by atoms with Crippen molar-refractivity contribution in [3.8, 4) is 0 Å². The zero-order valence-corrected chi connectivity index (χ0v) is 22.5. The summed E-state index contributed by atoms with van der Waals surface area (Å²) < 4.78 is 34.9. The quantitative estimate of drug-likeness (QED) is 0.259. The number of para-hydroxylation sites is 1. The molecule has 8 nitrogen and oxygen atoms in total. The molecule has 2 heterocycles. The van der Waals surface area contributed by atoms with Crippen molar-refractivity contribution in [3.63, 3.8) is 0 Å². The maximum Gasteiger partial charge on any atom is 0.340 e. The van der Waals surface area contributed by atoms with Crippen molar-refractivity contribution in [3.05, 3.63) is 96.0 Å². The minimum absolute atomic E-state index is 0.0534. The van der Waals surface area contributed by atoms with Crippen molar-refractivity contribution < 1.29 is 23.1 Å². The van der Waals surface area contributed by atoms with Crippen LogP contribution >= 0.6 is 0 Å². The molecule has 0 aliphatic carbocycles. The number of sulfonamides is 1. The second kappa shape index (κ2) is 11.8. The molecule has 4 rings (SSSR count). The summed E-state index contributed by atoms with van der Waals surface area (Å²) in [6.07, 6.45) is 5.60. The van der Waals surface area contributed by atoms with Gasteiger partial charge in [0.15, 0.2) is 0 Å². The fraction of sp³-hybridized carbons (Fsp3) is 0.345. The number of hydrogen-bond acceptors (Lipinski definition) is 7. The van der Waals surface area contributed by atoms with E-state index in [0.29, 0.717) is 24.9 Å². The van der Waals surface area contributed by atoms with E-state index < -0.39 is 32.8 Å². The molecule has 2 atom stereocenters. The summed E-state index contributed by atoms with van der Waals surface area (Å²) in [5.41, 5.74) is 0.521. The van der Waals surface area contributed by atoms with Crippen LogP contribution in [0.25, 0.3) is 0 Å². The molecule has 38 heavy (non-hydrogen) atoms. The van der Waals surface area contributed by atoms with Gasteiger partial charge in [-0.25, -0.2) is 14.8 Å². The molecule has 0 spiro atoms. The van der Waals surface area contributed by atoms with Crippen LogP contribution in [-0.2, 0) is 26.0 Å². The van der Waals surface area contributed by atoms with E-state index >= 15 is 0 Å². The van der Waals surface area contributed by atoms with Crippen molar-refractivity contribution in [2.75, 3.05) is 4.31 Å². The first-order chi connectivity index (χ1) is 18.3. The van der Waals surface area contributed by atoms with Gasteiger partial charge in [-0.2, -0.15) is 8.42 Å². The Kier molecular flexibility index (Phi) is 8.46. The Morgan fingerprint density at radius 3 is 2.18 bits per heavy atom. The maximum absolute atomic E-state index is 13.8. The lowest BCUT2D eigenvalue weighted by molar-refractivity contribution is -0.161. The van der Waals surface area contributed by atoms with E-state index in [2.05, 4.69) is 9.97 Å². The smallest absolute Gasteiger partial charge is 0.340 e. The Morgan fingerprint density at radius 2 is 1.61 bits per heavy atom. The van der Waals surface area contributed by atoms with Crippen LogP contribution in [0.4, 0.5) is 5.69 Å². The van der Waals surface area contributed by atoms with Crippen LogP contribution in [0.5, 0.6) is 0 Å². The molecule has 200 valence electrons. The molecule has 0 bridgehead atoms. The minimum atomic E-state index is -4.29. The second-order valence-corrected chi connectivity index (χ2v) is 11.1. The summed E-state index contributed by atoms with van der Waals surface area (Å²) in [6, 6.07) is 18.9. The third-order valence-electron chi connectivity index (χ3n) is 6.79. The second-order valence-electron chi connectivity index (χ2n) is 9.44. The highest BCUT2D eigenvalue weighted by Crippen LogP contribution is 2.40. The van der Waals surface area contributed by atoms with E-state index in [9.17, 15) is 18.3 Å². The third kappa shape index (κ3) is 5.72. The van der Waals surface area contributed by atoms with Crippen LogP contribution in [0, 0.1) is 0 Å². The van der Waals surface area contributed by atoms with Crippen molar-refractivity contribution in [2.24, 2.45) is 0 Å². The van der Waals surface area contributed by atoms with E-state index in [1.165, 1.54) is 18.5 Å². The number of aliphatic hydroxyl groups is 1. The third-order valence-corrected chi connectivity index (χ3v) is 8.45. The number of carbonyl (C=O) groups excluding carboxylic acids is 1. The van der Waals surface area contributed by atoms with E-state index in [0.717, 1.165) is 16.3 Å². The van der Waals surface area contributed by atoms with E-state index in [1.807, 2.05) is 37.3 Å². The Labute approximate surface area is 224 Å². The fourth-order valence-corrected chi connectivity index (χ4v) is 6.62. The number of benzene rings is 2. The van der Waals surface area contributed by atoms with Gasteiger partial charge in [0, 0.05) is 18.8 Å². The zero-order chi connectivity index (χ0) is 27.2. The van der Waals surface area contributed by atoms with Gasteiger partial charge < -0.3 is 9.84 Å². The largest absolute Gasteiger partial charge is 0.512 e. The minimum Gasteiger partial charge on any atom is -0.512 e. The fourth-order valence-electron chi connectivity index (χ4n) is 5.07. The molecule has 1 aliphatic heterocycles. The average Bonchev–Trinajstić information content (AvgIpc) is 2.92. The van der Waals surface area contributed by atoms with Gasteiger partial charge in [-0.3, -0.25) is 4.31 Å². The molecule has 1 aliphatic rings. The number of aromatic nitrogens is 2. The number of aliphatic hydroxyl groups excluding tert-OH is 1. The molecule has 0 amide bonds. The Hall–Kier alpha value is -3.72. The highest BCUT2D eigenvalue weighted by atomic mass is 32.2. The average molecular weight is 536 g/mol. The van der Waals surface area contributed by atoms with E-state index in [1.54, 1.807) is 37.3 Å². The summed E-state index contributed by atoms with van der Waals surface area (Å²) in [5, 5.41) is 11.0. The molecule has 0 fully saturated rings. The summed E-state index contributed by atoms with van der Waals surface area (Å²) in [7, 11) is -4.29. The number of hydrogen-bond donors (Lipinski definition) is 1. The van der Waals surface area contributed by atoms with Crippen LogP contribution in [0.15, 0.2) is 95.6 Å². The van der Waals surface area contributed by atoms with Gasteiger partial charge in [-0.05, 0) is 49.4 Å². The van der Waals surface area contributed by atoms with Crippen molar-refractivity contribution in [1.82, 2.24) is 9.97 Å². The highest BCUT2D eigenvalue weighted by molar-refractivity contribution is 7.92. The summed E-state index contributed by atoms with van der Waals surface area (Å²) in [4.78, 5) is 21.5. The maximum atomic E-state index is 13.8. The number of esters is 1. The van der Waals surface area contributed by atoms with Gasteiger partial charge in [-0.1, -0.05) is 68.8 Å². The number of rotatable bonds is 11. The highest BCUT2D eigenvalue weighted by Gasteiger charge is 2.46. The summed E-state index contributed by atoms with van der Waals surface area (Å²) in [6.45, 7) is 3.77. The lowest BCUT2D eigenvalue weighted by atomic mass is 9.82. The van der Waals surface area contributed by atoms with Crippen molar-refractivity contribution >= 4 is 21.7 Å². The van der Waals surface area contributed by atoms with Gasteiger partial charge in [0.25, 0.3) is 5.16 Å². The van der Waals surface area contributed by atoms with Crippen LogP contribution in [0.2, 0.25) is 0 Å². The number of cyclic esters (lactones) is 1. The van der Waals surface area contributed by atoms with E-state index in [-0.39, 0.29) is 24.2 Å². The Bertz CT molecular complexity index is 1370. The van der Waals surface area contributed by atoms with Crippen LogP contribution < -0.4 is 4.31 Å². The Balaban J connectivity index is 1.74. The molecule has 2 unspecified atom stereocenters. The molecular weight excluding hydrogens is 502 g/mol. The van der Waals surface area contributed by atoms with Gasteiger partial charge in [0.1, 0.15) is 11.4 Å². The van der Waals surface area contributed by atoms with Crippen molar-refractivity contribution in [2.45, 2.75) is 69.2 Å². The molecule has 0 saturated heterocycles. The molecule has 0 saturated carbocycles. The number of aryl methyl sites for hydroxylation is 1. The lowest BCUT2D eigenvalue weighted by Crippen LogP contribution is -2.48. The SMILES string of the molecule is CCCC1(CCc2ccccc2)CC(O)=C(C(CC)N(c2ccccc2)S(=O)(=O)c2ncccn2)C(=O)O1. The standard InChI is InChI=1S/C29H33N3O5S/c1-3-17-29(18-16-22-12-7-5-8-13-22)21-25(33)26(27(34)37-29)24(4-2)32(23-14-9-6-10-15-23)38(35,36)28-30-19-11-20-31-28/h5-15,19-20,24,33H,3-4,16-18,21H2,1-2H3. The number of nitrogens with zero attached hydrogens (tertiary/aromatic N) is 3. The molecule has 9 heteroatoms.